The van der Waals surface area contributed by atoms with Crippen LogP contribution in [0.2, 0.25) is 0 Å². The minimum Gasteiger partial charge on any atom is -0.486 e. The van der Waals surface area contributed by atoms with Gasteiger partial charge in [0.1, 0.15) is 24.6 Å². The lowest BCUT2D eigenvalue weighted by molar-refractivity contribution is 0.0690. The number of aromatic nitrogens is 2. The van der Waals surface area contributed by atoms with Crippen molar-refractivity contribution in [1.82, 2.24) is 9.38 Å². The van der Waals surface area contributed by atoms with E-state index in [9.17, 15) is 9.90 Å². The SMILES string of the molecule is O=C(O)c1c(-c2ccc3c(c2)OCCO3)nc2cccc(Br)n12. The van der Waals surface area contributed by atoms with Gasteiger partial charge in [0.25, 0.3) is 0 Å². The van der Waals surface area contributed by atoms with E-state index in [1.807, 2.05) is 6.07 Å². The van der Waals surface area contributed by atoms with Gasteiger partial charge < -0.3 is 14.6 Å². The van der Waals surface area contributed by atoms with Crippen LogP contribution < -0.4 is 9.47 Å². The number of pyridine rings is 1. The summed E-state index contributed by atoms with van der Waals surface area (Å²) in [4.78, 5) is 16.2. The first-order valence-electron chi connectivity index (χ1n) is 6.95. The quantitative estimate of drug-likeness (QED) is 0.697. The molecule has 7 heteroatoms. The molecule has 0 aliphatic carbocycles. The van der Waals surface area contributed by atoms with Crippen LogP contribution in [0.25, 0.3) is 16.9 Å². The molecule has 1 aliphatic heterocycles. The fourth-order valence-electron chi connectivity index (χ4n) is 2.64. The standard InChI is InChI=1S/C16H11BrN2O4/c17-12-2-1-3-13-18-14(15(16(20)21)19(12)13)9-4-5-10-11(8-9)23-7-6-22-10/h1-5,8H,6-7H2,(H,20,21). The van der Waals surface area contributed by atoms with Crippen LogP contribution in [0.3, 0.4) is 0 Å². The van der Waals surface area contributed by atoms with Gasteiger partial charge in [-0.05, 0) is 46.3 Å². The van der Waals surface area contributed by atoms with Gasteiger partial charge in [-0.3, -0.25) is 4.40 Å². The second-order valence-corrected chi connectivity index (χ2v) is 5.83. The average molecular weight is 375 g/mol. The second kappa shape index (κ2) is 5.27. The van der Waals surface area contributed by atoms with E-state index < -0.39 is 5.97 Å². The average Bonchev–Trinajstić information content (AvgIpc) is 2.95. The number of carboxylic acids is 1. The van der Waals surface area contributed by atoms with Crippen LogP contribution >= 0.6 is 15.9 Å². The van der Waals surface area contributed by atoms with E-state index >= 15 is 0 Å². The Morgan fingerprint density at radius 1 is 1.17 bits per heavy atom. The van der Waals surface area contributed by atoms with Gasteiger partial charge in [-0.1, -0.05) is 6.07 Å². The fraction of sp³-hybridized carbons (Fsp3) is 0.125. The molecule has 116 valence electrons. The fourth-order valence-corrected chi connectivity index (χ4v) is 3.15. The van der Waals surface area contributed by atoms with E-state index in [0.29, 0.717) is 46.2 Å². The summed E-state index contributed by atoms with van der Waals surface area (Å²) in [7, 11) is 0. The highest BCUT2D eigenvalue weighted by molar-refractivity contribution is 9.10. The lowest BCUT2D eigenvalue weighted by Gasteiger charge is -2.18. The molecule has 0 saturated heterocycles. The number of halogens is 1. The highest BCUT2D eigenvalue weighted by atomic mass is 79.9. The van der Waals surface area contributed by atoms with Crippen LogP contribution in [0.5, 0.6) is 11.5 Å². The van der Waals surface area contributed by atoms with Crippen molar-refractivity contribution in [3.05, 3.63) is 46.7 Å². The number of hydrogen-bond donors (Lipinski definition) is 1. The second-order valence-electron chi connectivity index (χ2n) is 5.01. The highest BCUT2D eigenvalue weighted by Crippen LogP contribution is 2.36. The summed E-state index contributed by atoms with van der Waals surface area (Å²) in [5, 5.41) is 9.64. The minimum absolute atomic E-state index is 0.101. The van der Waals surface area contributed by atoms with E-state index in [2.05, 4.69) is 20.9 Å². The van der Waals surface area contributed by atoms with Crippen LogP contribution in [0.15, 0.2) is 41.0 Å². The molecule has 1 aliphatic rings. The molecule has 0 bridgehead atoms. The topological polar surface area (TPSA) is 73.1 Å². The van der Waals surface area contributed by atoms with E-state index in [0.717, 1.165) is 0 Å². The normalized spacial score (nSPS) is 13.3. The van der Waals surface area contributed by atoms with Gasteiger partial charge in [0.2, 0.25) is 0 Å². The van der Waals surface area contributed by atoms with Gasteiger partial charge in [-0.2, -0.15) is 0 Å². The van der Waals surface area contributed by atoms with Crippen LogP contribution in [0.1, 0.15) is 10.5 Å². The Labute approximate surface area is 139 Å². The molecule has 1 aromatic carbocycles. The predicted octanol–water partition coefficient (Wildman–Crippen LogP) is 3.23. The Kier molecular flexibility index (Phi) is 3.23. The number of benzene rings is 1. The van der Waals surface area contributed by atoms with Crippen LogP contribution in [-0.2, 0) is 0 Å². The summed E-state index contributed by atoms with van der Waals surface area (Å²) < 4.78 is 13.3. The molecule has 0 radical (unpaired) electrons. The molecule has 0 amide bonds. The van der Waals surface area contributed by atoms with Crippen molar-refractivity contribution >= 4 is 27.5 Å². The molecule has 3 heterocycles. The number of rotatable bonds is 2. The third-order valence-corrected chi connectivity index (χ3v) is 4.23. The molecule has 23 heavy (non-hydrogen) atoms. The maximum atomic E-state index is 11.8. The largest absolute Gasteiger partial charge is 0.486 e. The summed E-state index contributed by atoms with van der Waals surface area (Å²) in [5.41, 5.74) is 1.72. The van der Waals surface area contributed by atoms with Gasteiger partial charge in [0, 0.05) is 5.56 Å². The van der Waals surface area contributed by atoms with E-state index in [1.54, 1.807) is 34.7 Å². The van der Waals surface area contributed by atoms with Gasteiger partial charge in [-0.25, -0.2) is 9.78 Å². The zero-order chi connectivity index (χ0) is 16.0. The van der Waals surface area contributed by atoms with Crippen molar-refractivity contribution in [2.45, 2.75) is 0 Å². The first-order chi connectivity index (χ1) is 11.1. The molecular weight excluding hydrogens is 364 g/mol. The lowest BCUT2D eigenvalue weighted by atomic mass is 10.1. The minimum atomic E-state index is -1.05. The summed E-state index contributed by atoms with van der Waals surface area (Å²) in [5.74, 6) is 0.206. The smallest absolute Gasteiger partial charge is 0.355 e. The molecular formula is C16H11BrN2O4. The highest BCUT2D eigenvalue weighted by Gasteiger charge is 2.23. The number of aromatic carboxylic acids is 1. The Bertz CT molecular complexity index is 935. The van der Waals surface area contributed by atoms with Crippen LogP contribution in [-0.4, -0.2) is 33.7 Å². The zero-order valence-electron chi connectivity index (χ0n) is 11.8. The van der Waals surface area contributed by atoms with Gasteiger partial charge in [0.15, 0.2) is 17.2 Å². The molecule has 0 unspecified atom stereocenters. The molecule has 0 atom stereocenters. The van der Waals surface area contributed by atoms with Crippen LogP contribution in [0.4, 0.5) is 0 Å². The van der Waals surface area contributed by atoms with Crippen molar-refractivity contribution in [2.75, 3.05) is 13.2 Å². The molecule has 3 aromatic rings. The molecule has 2 aromatic heterocycles. The molecule has 0 fully saturated rings. The molecule has 0 saturated carbocycles. The Morgan fingerprint density at radius 3 is 2.74 bits per heavy atom. The third kappa shape index (κ3) is 2.24. The lowest BCUT2D eigenvalue weighted by Crippen LogP contribution is -2.15. The first kappa shape index (κ1) is 14.1. The molecule has 4 rings (SSSR count). The molecule has 1 N–H and O–H groups in total. The van der Waals surface area contributed by atoms with Crippen LogP contribution in [0, 0.1) is 0 Å². The third-order valence-electron chi connectivity index (χ3n) is 3.61. The Morgan fingerprint density at radius 2 is 1.96 bits per heavy atom. The molecule has 6 nitrogen and oxygen atoms in total. The van der Waals surface area contributed by atoms with Crippen molar-refractivity contribution < 1.29 is 19.4 Å². The summed E-state index contributed by atoms with van der Waals surface area (Å²) in [6.45, 7) is 0.979. The van der Waals surface area contributed by atoms with Gasteiger partial charge in [-0.15, -0.1) is 0 Å². The maximum Gasteiger partial charge on any atom is 0.355 e. The van der Waals surface area contributed by atoms with Crippen molar-refractivity contribution in [3.63, 3.8) is 0 Å². The van der Waals surface area contributed by atoms with E-state index in [1.165, 1.54) is 0 Å². The number of carboxylic acid groups (broad SMARTS) is 1. The number of fused-ring (bicyclic) bond motifs is 2. The Hall–Kier alpha value is -2.54. The number of ether oxygens (including phenoxy) is 2. The van der Waals surface area contributed by atoms with E-state index in [-0.39, 0.29) is 5.69 Å². The zero-order valence-corrected chi connectivity index (χ0v) is 13.4. The molecule has 0 spiro atoms. The number of carbonyl (C=O) groups is 1. The van der Waals surface area contributed by atoms with Gasteiger partial charge >= 0.3 is 5.97 Å². The van der Waals surface area contributed by atoms with Crippen molar-refractivity contribution in [3.8, 4) is 22.8 Å². The Balaban J connectivity index is 1.97. The number of nitrogens with zero attached hydrogens (tertiary/aromatic N) is 2. The number of imidazole rings is 1. The predicted molar refractivity (Wildman–Crippen MR) is 86.3 cm³/mol. The summed E-state index contributed by atoms with van der Waals surface area (Å²) >= 11 is 3.38. The maximum absolute atomic E-state index is 11.8. The van der Waals surface area contributed by atoms with Gasteiger partial charge in [0.05, 0.1) is 4.60 Å². The monoisotopic (exact) mass is 374 g/mol. The summed E-state index contributed by atoms with van der Waals surface area (Å²) in [6, 6.07) is 10.7. The van der Waals surface area contributed by atoms with Crippen molar-refractivity contribution in [1.29, 1.82) is 0 Å². The van der Waals surface area contributed by atoms with Crippen molar-refractivity contribution in [2.24, 2.45) is 0 Å². The number of hydrogen-bond acceptors (Lipinski definition) is 4. The first-order valence-corrected chi connectivity index (χ1v) is 7.75. The summed E-state index contributed by atoms with van der Waals surface area (Å²) in [6.07, 6.45) is 0. The van der Waals surface area contributed by atoms with E-state index in [4.69, 9.17) is 9.47 Å².